The van der Waals surface area contributed by atoms with Crippen molar-refractivity contribution in [2.45, 2.75) is 19.9 Å². The Morgan fingerprint density at radius 3 is 2.77 bits per heavy atom. The molecule has 8 nitrogen and oxygen atoms in total. The Kier molecular flexibility index (Phi) is 4.50. The summed E-state index contributed by atoms with van der Waals surface area (Å²) in [5.41, 5.74) is 1.46. The minimum absolute atomic E-state index is 0.267. The summed E-state index contributed by atoms with van der Waals surface area (Å²) in [5, 5.41) is 7.19. The zero-order valence-electron chi connectivity index (χ0n) is 15.2. The third-order valence-electron chi connectivity index (χ3n) is 4.85. The molecule has 1 N–H and O–H groups in total. The number of amides is 1. The molecule has 0 aromatic carbocycles. The van der Waals surface area contributed by atoms with Gasteiger partial charge in [-0.1, -0.05) is 6.07 Å². The van der Waals surface area contributed by atoms with Crippen LogP contribution in [0.5, 0.6) is 5.88 Å². The molecule has 1 fully saturated rings. The van der Waals surface area contributed by atoms with Gasteiger partial charge in [-0.3, -0.25) is 4.79 Å². The van der Waals surface area contributed by atoms with Gasteiger partial charge in [0.15, 0.2) is 5.69 Å². The van der Waals surface area contributed by atoms with Gasteiger partial charge in [0.25, 0.3) is 5.91 Å². The highest BCUT2D eigenvalue weighted by Crippen LogP contribution is 2.22. The lowest BCUT2D eigenvalue weighted by molar-refractivity contribution is 0.102. The molecule has 2 aliphatic heterocycles. The van der Waals surface area contributed by atoms with Gasteiger partial charge in [-0.25, -0.2) is 9.67 Å². The number of pyridine rings is 1. The van der Waals surface area contributed by atoms with Crippen LogP contribution in [0.4, 0.5) is 11.6 Å². The van der Waals surface area contributed by atoms with E-state index in [1.807, 2.05) is 19.1 Å². The molecular weight excluding hydrogens is 332 g/mol. The molecule has 1 amide bonds. The second kappa shape index (κ2) is 6.95. The molecule has 0 atom stereocenters. The quantitative estimate of drug-likeness (QED) is 0.895. The van der Waals surface area contributed by atoms with Crippen molar-refractivity contribution < 1.29 is 9.53 Å². The molecule has 26 heavy (non-hydrogen) atoms. The Morgan fingerprint density at radius 1 is 1.19 bits per heavy atom. The molecule has 0 spiro atoms. The fourth-order valence-corrected chi connectivity index (χ4v) is 3.28. The molecule has 0 saturated carbocycles. The van der Waals surface area contributed by atoms with Crippen molar-refractivity contribution in [2.24, 2.45) is 0 Å². The number of aryl methyl sites for hydroxylation is 2. The predicted molar refractivity (Wildman–Crippen MR) is 99.0 cm³/mol. The number of carbonyl (C=O) groups is 1. The molecule has 0 unspecified atom stereocenters. The molecule has 8 heteroatoms. The molecular formula is C18H24N6O2. The first kappa shape index (κ1) is 16.8. The average Bonchev–Trinajstić information content (AvgIpc) is 3.08. The van der Waals surface area contributed by atoms with Crippen molar-refractivity contribution >= 4 is 17.5 Å². The first-order valence-corrected chi connectivity index (χ1v) is 9.03. The van der Waals surface area contributed by atoms with E-state index in [9.17, 15) is 4.79 Å². The van der Waals surface area contributed by atoms with E-state index in [0.717, 1.165) is 50.5 Å². The number of carbonyl (C=O) groups excluding carboxylic acids is 1. The molecule has 1 saturated heterocycles. The van der Waals surface area contributed by atoms with Gasteiger partial charge in [-0.15, -0.1) is 0 Å². The number of nitrogens with zero attached hydrogens (tertiary/aromatic N) is 5. The topological polar surface area (TPSA) is 75.5 Å². The number of hydrogen-bond acceptors (Lipinski definition) is 6. The normalized spacial score (nSPS) is 17.5. The summed E-state index contributed by atoms with van der Waals surface area (Å²) in [5.74, 6) is 1.86. The van der Waals surface area contributed by atoms with E-state index in [4.69, 9.17) is 4.74 Å². The lowest BCUT2D eigenvalue weighted by atomic mass is 10.2. The van der Waals surface area contributed by atoms with E-state index < -0.39 is 0 Å². The third-order valence-corrected chi connectivity index (χ3v) is 4.85. The van der Waals surface area contributed by atoms with Gasteiger partial charge >= 0.3 is 0 Å². The summed E-state index contributed by atoms with van der Waals surface area (Å²) in [6.07, 6.45) is 0.906. The molecule has 0 radical (unpaired) electrons. The number of nitrogens with one attached hydrogen (secondary N) is 1. The van der Waals surface area contributed by atoms with E-state index in [1.165, 1.54) is 0 Å². The number of likely N-dealkylation sites (N-methyl/N-ethyl adjacent to an activating group) is 1. The highest BCUT2D eigenvalue weighted by atomic mass is 16.5. The largest absolute Gasteiger partial charge is 0.478 e. The van der Waals surface area contributed by atoms with Gasteiger partial charge in [0.2, 0.25) is 5.88 Å². The van der Waals surface area contributed by atoms with E-state index in [0.29, 0.717) is 24.0 Å². The lowest BCUT2D eigenvalue weighted by Gasteiger charge is -2.34. The molecule has 0 aliphatic carbocycles. The van der Waals surface area contributed by atoms with E-state index >= 15 is 0 Å². The van der Waals surface area contributed by atoms with E-state index in [-0.39, 0.29) is 5.91 Å². The minimum Gasteiger partial charge on any atom is -0.478 e. The summed E-state index contributed by atoms with van der Waals surface area (Å²) in [7, 11) is 2.13. The molecule has 4 heterocycles. The predicted octanol–water partition coefficient (Wildman–Crippen LogP) is 1.37. The third kappa shape index (κ3) is 3.37. The smallest absolute Gasteiger partial charge is 0.277 e. The SMILES string of the molecule is Cc1ccc(NC(=O)c2cc3n(n2)CCCO3)nc1N1CCN(C)CC1. The van der Waals surface area contributed by atoms with Crippen molar-refractivity contribution in [1.29, 1.82) is 0 Å². The Hall–Kier alpha value is -2.61. The van der Waals surface area contributed by atoms with Gasteiger partial charge in [-0.2, -0.15) is 5.10 Å². The summed E-state index contributed by atoms with van der Waals surface area (Å²) < 4.78 is 7.25. The van der Waals surface area contributed by atoms with Gasteiger partial charge in [0.05, 0.1) is 6.61 Å². The Balaban J connectivity index is 1.50. The monoisotopic (exact) mass is 356 g/mol. The molecule has 4 rings (SSSR count). The van der Waals surface area contributed by atoms with Crippen LogP contribution in [-0.4, -0.2) is 65.4 Å². The van der Waals surface area contributed by atoms with Gasteiger partial charge < -0.3 is 19.9 Å². The standard InChI is InChI=1S/C18H24N6O2/c1-13-4-5-15(19-17(13)23-9-7-22(2)8-10-23)20-18(25)14-12-16-24(21-14)6-3-11-26-16/h4-5,12H,3,6-11H2,1-2H3,(H,19,20,25). The minimum atomic E-state index is -0.267. The molecule has 2 aromatic heterocycles. The van der Waals surface area contributed by atoms with Crippen molar-refractivity contribution in [3.8, 4) is 5.88 Å². The van der Waals surface area contributed by atoms with Gasteiger partial charge in [-0.05, 0) is 25.6 Å². The highest BCUT2D eigenvalue weighted by Gasteiger charge is 2.20. The van der Waals surface area contributed by atoms with E-state index in [2.05, 4.69) is 32.2 Å². The maximum atomic E-state index is 12.5. The van der Waals surface area contributed by atoms with Gasteiger partial charge in [0, 0.05) is 45.2 Å². The average molecular weight is 356 g/mol. The highest BCUT2D eigenvalue weighted by molar-refractivity contribution is 6.02. The number of piperazine rings is 1. The van der Waals surface area contributed by atoms with Crippen molar-refractivity contribution in [2.75, 3.05) is 50.1 Å². The fraction of sp³-hybridized carbons (Fsp3) is 0.500. The molecule has 2 aliphatic rings. The Labute approximate surface area is 152 Å². The number of anilines is 2. The van der Waals surface area contributed by atoms with Crippen molar-refractivity contribution in [3.05, 3.63) is 29.5 Å². The lowest BCUT2D eigenvalue weighted by Crippen LogP contribution is -2.45. The maximum absolute atomic E-state index is 12.5. The summed E-state index contributed by atoms with van der Waals surface area (Å²) in [6.45, 7) is 7.39. The van der Waals surface area contributed by atoms with Crippen LogP contribution < -0.4 is 15.0 Å². The number of ether oxygens (including phenoxy) is 1. The number of fused-ring (bicyclic) bond motifs is 1. The van der Waals surface area contributed by atoms with Crippen LogP contribution in [0.1, 0.15) is 22.5 Å². The van der Waals surface area contributed by atoms with Crippen LogP contribution in [0, 0.1) is 6.92 Å². The first-order chi connectivity index (χ1) is 12.6. The zero-order valence-corrected chi connectivity index (χ0v) is 15.2. The van der Waals surface area contributed by atoms with Crippen LogP contribution in [-0.2, 0) is 6.54 Å². The van der Waals surface area contributed by atoms with Crippen LogP contribution in [0.3, 0.4) is 0 Å². The molecule has 138 valence electrons. The van der Waals surface area contributed by atoms with E-state index in [1.54, 1.807) is 10.7 Å². The van der Waals surface area contributed by atoms with Gasteiger partial charge in [0.1, 0.15) is 11.6 Å². The second-order valence-electron chi connectivity index (χ2n) is 6.87. The van der Waals surface area contributed by atoms with Crippen molar-refractivity contribution in [3.63, 3.8) is 0 Å². The first-order valence-electron chi connectivity index (χ1n) is 9.03. The Bertz CT molecular complexity index is 787. The van der Waals surface area contributed by atoms with Crippen LogP contribution in [0.2, 0.25) is 0 Å². The number of rotatable bonds is 3. The maximum Gasteiger partial charge on any atom is 0.277 e. The van der Waals surface area contributed by atoms with Crippen LogP contribution >= 0.6 is 0 Å². The zero-order chi connectivity index (χ0) is 18.1. The second-order valence-corrected chi connectivity index (χ2v) is 6.87. The summed E-state index contributed by atoms with van der Waals surface area (Å²) in [4.78, 5) is 21.8. The summed E-state index contributed by atoms with van der Waals surface area (Å²) in [6, 6.07) is 5.51. The Morgan fingerprint density at radius 2 is 2.00 bits per heavy atom. The van der Waals surface area contributed by atoms with Crippen molar-refractivity contribution in [1.82, 2.24) is 19.7 Å². The molecule has 0 bridgehead atoms. The fourth-order valence-electron chi connectivity index (χ4n) is 3.28. The number of hydrogen-bond donors (Lipinski definition) is 1. The summed E-state index contributed by atoms with van der Waals surface area (Å²) >= 11 is 0. The number of aromatic nitrogens is 3. The van der Waals surface area contributed by atoms with Crippen LogP contribution in [0.15, 0.2) is 18.2 Å². The molecule has 2 aromatic rings. The van der Waals surface area contributed by atoms with Crippen LogP contribution in [0.25, 0.3) is 0 Å².